The second-order valence-electron chi connectivity index (χ2n) is 5.43. The fourth-order valence-corrected chi connectivity index (χ4v) is 2.73. The molecule has 0 aliphatic heterocycles. The fraction of sp³-hybridized carbons (Fsp3) is 0.158. The number of hydrogen-bond acceptors (Lipinski definition) is 2. The Balaban J connectivity index is 2.26. The normalized spacial score (nSPS) is 10.6. The molecule has 0 radical (unpaired) electrons. The maximum atomic E-state index is 12.4. The highest BCUT2D eigenvalue weighted by Crippen LogP contribution is 2.17. The number of imidazole rings is 1. The van der Waals surface area contributed by atoms with Crippen molar-refractivity contribution < 1.29 is 14.1 Å². The molecule has 0 aliphatic rings. The molecular formula is C19H19N2O2+. The zero-order chi connectivity index (χ0) is 16.4. The monoisotopic (exact) mass is 307 g/mol. The third-order valence-corrected chi connectivity index (χ3v) is 3.94. The zero-order valence-electron chi connectivity index (χ0n) is 13.5. The Morgan fingerprint density at radius 2 is 1.65 bits per heavy atom. The van der Waals surface area contributed by atoms with Crippen LogP contribution in [-0.2, 0) is 4.74 Å². The summed E-state index contributed by atoms with van der Waals surface area (Å²) in [5.41, 5.74) is 4.09. The Hall–Kier alpha value is -2.88. The third kappa shape index (κ3) is 2.63. The summed E-state index contributed by atoms with van der Waals surface area (Å²) in [7, 11) is 1.40. The van der Waals surface area contributed by atoms with Gasteiger partial charge >= 0.3 is 11.8 Å². The number of aryl methyl sites for hydroxylation is 2. The molecule has 2 aromatic carbocycles. The number of ether oxygens (including phenoxy) is 1. The highest BCUT2D eigenvalue weighted by atomic mass is 16.5. The number of benzene rings is 2. The Bertz CT molecular complexity index is 802. The van der Waals surface area contributed by atoms with Gasteiger partial charge in [-0.3, -0.25) is 0 Å². The Morgan fingerprint density at radius 1 is 1.00 bits per heavy atom. The van der Waals surface area contributed by atoms with E-state index in [-0.39, 0.29) is 5.97 Å². The van der Waals surface area contributed by atoms with Crippen LogP contribution in [0.5, 0.6) is 0 Å². The number of hydrogen-bond donors (Lipinski definition) is 0. The molecule has 0 aliphatic carbocycles. The summed E-state index contributed by atoms with van der Waals surface area (Å²) in [5.74, 6) is 0.0950. The molecule has 0 saturated carbocycles. The number of nitrogens with zero attached hydrogens (tertiary/aromatic N) is 2. The van der Waals surface area contributed by atoms with Gasteiger partial charge in [-0.15, -0.1) is 0 Å². The van der Waals surface area contributed by atoms with Gasteiger partial charge in [0, 0.05) is 0 Å². The minimum atomic E-state index is -0.374. The van der Waals surface area contributed by atoms with Crippen molar-refractivity contribution in [2.75, 3.05) is 7.11 Å². The molecule has 0 N–H and O–H groups in total. The van der Waals surface area contributed by atoms with E-state index in [0.717, 1.165) is 22.5 Å². The first-order valence-electron chi connectivity index (χ1n) is 7.47. The molecule has 3 aromatic rings. The van der Waals surface area contributed by atoms with Crippen LogP contribution in [-0.4, -0.2) is 17.6 Å². The van der Waals surface area contributed by atoms with E-state index in [0.29, 0.717) is 5.82 Å². The van der Waals surface area contributed by atoms with Gasteiger partial charge < -0.3 is 4.74 Å². The standard InChI is InChI=1S/C19H19N2O2/c1-14-8-4-6-10-16(14)20-12-13-21(18(20)19(22)23-3)17-11-7-5-9-15(17)2/h4-13H,1-3H3/q+1. The topological polar surface area (TPSA) is 35.1 Å². The van der Waals surface area contributed by atoms with Crippen molar-refractivity contribution in [3.8, 4) is 11.4 Å². The Labute approximate surface area is 135 Å². The van der Waals surface area contributed by atoms with E-state index in [4.69, 9.17) is 4.74 Å². The van der Waals surface area contributed by atoms with E-state index in [1.807, 2.05) is 83.9 Å². The summed E-state index contributed by atoms with van der Waals surface area (Å²) in [4.78, 5) is 12.4. The summed E-state index contributed by atoms with van der Waals surface area (Å²) in [6.07, 6.45) is 3.78. The van der Waals surface area contributed by atoms with Crippen molar-refractivity contribution in [3.63, 3.8) is 0 Å². The van der Waals surface area contributed by atoms with E-state index < -0.39 is 0 Å². The van der Waals surface area contributed by atoms with Crippen molar-refractivity contribution in [1.29, 1.82) is 0 Å². The smallest absolute Gasteiger partial charge is 0.422 e. The summed E-state index contributed by atoms with van der Waals surface area (Å²) < 4.78 is 8.76. The van der Waals surface area contributed by atoms with E-state index >= 15 is 0 Å². The highest BCUT2D eigenvalue weighted by molar-refractivity contribution is 5.85. The number of carbonyl (C=O) groups is 1. The van der Waals surface area contributed by atoms with Crippen LogP contribution >= 0.6 is 0 Å². The lowest BCUT2D eigenvalue weighted by Crippen LogP contribution is -2.38. The van der Waals surface area contributed by atoms with Crippen LogP contribution in [0.4, 0.5) is 0 Å². The van der Waals surface area contributed by atoms with Crippen molar-refractivity contribution in [2.45, 2.75) is 13.8 Å². The van der Waals surface area contributed by atoms with Crippen LogP contribution in [0, 0.1) is 13.8 Å². The summed E-state index contributed by atoms with van der Waals surface area (Å²) >= 11 is 0. The lowest BCUT2D eigenvalue weighted by Gasteiger charge is -2.06. The number of rotatable bonds is 3. The summed E-state index contributed by atoms with van der Waals surface area (Å²) in [6, 6.07) is 15.9. The molecule has 3 rings (SSSR count). The molecule has 0 bridgehead atoms. The Morgan fingerprint density at radius 3 is 2.30 bits per heavy atom. The van der Waals surface area contributed by atoms with Gasteiger partial charge in [0.15, 0.2) is 0 Å². The molecule has 0 atom stereocenters. The average molecular weight is 307 g/mol. The van der Waals surface area contributed by atoms with Gasteiger partial charge in [-0.1, -0.05) is 36.4 Å². The van der Waals surface area contributed by atoms with Crippen molar-refractivity contribution >= 4 is 5.97 Å². The minimum Gasteiger partial charge on any atom is -0.460 e. The van der Waals surface area contributed by atoms with Crippen LogP contribution in [0.15, 0.2) is 60.9 Å². The second kappa shape index (κ2) is 6.08. The molecule has 1 aromatic heterocycles. The molecule has 1 heterocycles. The lowest BCUT2D eigenvalue weighted by atomic mass is 10.2. The quantitative estimate of drug-likeness (QED) is 0.550. The molecule has 23 heavy (non-hydrogen) atoms. The van der Waals surface area contributed by atoms with E-state index in [9.17, 15) is 4.79 Å². The third-order valence-electron chi connectivity index (χ3n) is 3.94. The average Bonchev–Trinajstić information content (AvgIpc) is 2.99. The first-order chi connectivity index (χ1) is 11.1. The molecule has 0 fully saturated rings. The SMILES string of the molecule is COC(=O)c1n(-c2ccccc2C)cc[n+]1-c1ccccc1C. The first-order valence-corrected chi connectivity index (χ1v) is 7.47. The van der Waals surface area contributed by atoms with Gasteiger partial charge in [0.25, 0.3) is 0 Å². The van der Waals surface area contributed by atoms with E-state index in [1.165, 1.54) is 7.11 Å². The van der Waals surface area contributed by atoms with Gasteiger partial charge in [-0.05, 0) is 37.1 Å². The minimum absolute atomic E-state index is 0.374. The van der Waals surface area contributed by atoms with Crippen molar-refractivity contribution in [1.82, 2.24) is 4.57 Å². The van der Waals surface area contributed by atoms with Crippen LogP contribution in [0.3, 0.4) is 0 Å². The number of methoxy groups -OCH3 is 1. The second-order valence-corrected chi connectivity index (χ2v) is 5.43. The predicted octanol–water partition coefficient (Wildman–Crippen LogP) is 3.16. The molecule has 116 valence electrons. The van der Waals surface area contributed by atoms with Gasteiger partial charge in [-0.2, -0.15) is 9.13 Å². The van der Waals surface area contributed by atoms with Gasteiger partial charge in [0.05, 0.1) is 7.11 Å². The summed E-state index contributed by atoms with van der Waals surface area (Å²) in [5, 5.41) is 0. The fourth-order valence-electron chi connectivity index (χ4n) is 2.73. The molecule has 0 unspecified atom stereocenters. The predicted molar refractivity (Wildman–Crippen MR) is 88.1 cm³/mol. The Kier molecular flexibility index (Phi) is 3.98. The maximum Gasteiger partial charge on any atom is 0.422 e. The molecule has 4 nitrogen and oxygen atoms in total. The van der Waals surface area contributed by atoms with Crippen LogP contribution < -0.4 is 4.57 Å². The first kappa shape index (κ1) is 15.0. The van der Waals surface area contributed by atoms with E-state index in [1.54, 1.807) is 0 Å². The molecule has 0 amide bonds. The molecule has 0 spiro atoms. The number of esters is 1. The largest absolute Gasteiger partial charge is 0.460 e. The van der Waals surface area contributed by atoms with Crippen LogP contribution in [0.2, 0.25) is 0 Å². The summed E-state index contributed by atoms with van der Waals surface area (Å²) in [6.45, 7) is 4.04. The zero-order valence-corrected chi connectivity index (χ0v) is 13.5. The van der Waals surface area contributed by atoms with Gasteiger partial charge in [0.1, 0.15) is 23.8 Å². The molecule has 4 heteroatoms. The lowest BCUT2D eigenvalue weighted by molar-refractivity contribution is -0.598. The van der Waals surface area contributed by atoms with Crippen molar-refractivity contribution in [3.05, 3.63) is 77.9 Å². The van der Waals surface area contributed by atoms with E-state index in [2.05, 4.69) is 0 Å². The van der Waals surface area contributed by atoms with Crippen molar-refractivity contribution in [2.24, 2.45) is 0 Å². The molecular weight excluding hydrogens is 288 g/mol. The van der Waals surface area contributed by atoms with Crippen LogP contribution in [0.25, 0.3) is 11.4 Å². The number of aromatic nitrogens is 2. The van der Waals surface area contributed by atoms with Gasteiger partial charge in [-0.25, -0.2) is 4.79 Å². The molecule has 0 saturated heterocycles. The van der Waals surface area contributed by atoms with Gasteiger partial charge in [0.2, 0.25) is 0 Å². The number of carbonyl (C=O) groups excluding carboxylic acids is 1. The number of para-hydroxylation sites is 2. The van der Waals surface area contributed by atoms with Crippen LogP contribution in [0.1, 0.15) is 21.7 Å². The highest BCUT2D eigenvalue weighted by Gasteiger charge is 2.29. The maximum absolute atomic E-state index is 12.4.